The lowest BCUT2D eigenvalue weighted by Gasteiger charge is -2.26. The van der Waals surface area contributed by atoms with E-state index < -0.39 is 9.84 Å². The average molecular weight is 508 g/mol. The highest BCUT2D eigenvalue weighted by Crippen LogP contribution is 2.37. The number of nitrogens with zero attached hydrogens (tertiary/aromatic N) is 2. The highest BCUT2D eigenvalue weighted by molar-refractivity contribution is 14.1. The minimum atomic E-state index is -3.78. The molecule has 1 aromatic heterocycles. The van der Waals surface area contributed by atoms with E-state index in [0.29, 0.717) is 11.8 Å². The number of aryl methyl sites for hydroxylation is 1. The summed E-state index contributed by atoms with van der Waals surface area (Å²) in [7, 11) is -3.78. The van der Waals surface area contributed by atoms with Crippen LogP contribution < -0.4 is 4.90 Å². The number of benzene rings is 2. The normalized spacial score (nSPS) is 15.0. The van der Waals surface area contributed by atoms with Crippen LogP contribution in [0.1, 0.15) is 24.8 Å². The number of rotatable bonds is 4. The fourth-order valence-corrected chi connectivity index (χ4v) is 5.29. The Bertz CT molecular complexity index is 1090. The summed E-state index contributed by atoms with van der Waals surface area (Å²) in [6.45, 7) is 3.48. The third kappa shape index (κ3) is 3.69. The number of halogens is 1. The van der Waals surface area contributed by atoms with Crippen LogP contribution in [-0.4, -0.2) is 26.5 Å². The summed E-state index contributed by atoms with van der Waals surface area (Å²) in [4.78, 5) is 6.73. The van der Waals surface area contributed by atoms with E-state index in [9.17, 15) is 8.42 Å². The maximum absolute atomic E-state index is 13.4. The lowest BCUT2D eigenvalue weighted by Crippen LogP contribution is -2.30. The Kier molecular flexibility index (Phi) is 5.46. The van der Waals surface area contributed by atoms with Crippen LogP contribution in [0.25, 0.3) is 11.5 Å². The highest BCUT2D eigenvalue weighted by Gasteiger charge is 2.32. The summed E-state index contributed by atoms with van der Waals surface area (Å²) in [6, 6.07) is 14.5. The van der Waals surface area contributed by atoms with Gasteiger partial charge in [-0.1, -0.05) is 29.8 Å². The predicted octanol–water partition coefficient (Wildman–Crippen LogP) is 5.08. The van der Waals surface area contributed by atoms with Gasteiger partial charge in [0.2, 0.25) is 26.6 Å². The standard InChI is InChI=1S/C21H21IN2O3S/c1-15-9-11-16(12-10-15)28(25,26)20-21(24-13-5-2-6-14-24)27-19(23-20)17-7-3-4-8-18(17)22/h3-4,7-12H,2,5-6,13-14H2,1H3. The van der Waals surface area contributed by atoms with Gasteiger partial charge in [0.1, 0.15) is 0 Å². The Balaban J connectivity index is 1.87. The lowest BCUT2D eigenvalue weighted by molar-refractivity contribution is 0.499. The molecule has 1 aliphatic heterocycles. The first-order valence-corrected chi connectivity index (χ1v) is 11.9. The van der Waals surface area contributed by atoms with Gasteiger partial charge in [0, 0.05) is 16.7 Å². The molecule has 0 amide bonds. The SMILES string of the molecule is Cc1ccc(S(=O)(=O)c2nc(-c3ccccc3I)oc2N2CCCCC2)cc1. The Morgan fingerprint density at radius 3 is 2.36 bits per heavy atom. The van der Waals surface area contributed by atoms with Gasteiger partial charge in [-0.15, -0.1) is 0 Å². The molecule has 4 rings (SSSR count). The zero-order chi connectivity index (χ0) is 19.7. The zero-order valence-corrected chi connectivity index (χ0v) is 18.5. The Hall–Kier alpha value is -1.87. The van der Waals surface area contributed by atoms with Crippen LogP contribution in [0.4, 0.5) is 5.88 Å². The highest BCUT2D eigenvalue weighted by atomic mass is 127. The summed E-state index contributed by atoms with van der Waals surface area (Å²) < 4.78 is 33.8. The summed E-state index contributed by atoms with van der Waals surface area (Å²) in [5.41, 5.74) is 1.81. The minimum absolute atomic E-state index is 0.00732. The second-order valence-corrected chi connectivity index (χ2v) is 10.0. The molecule has 0 radical (unpaired) electrons. The fourth-order valence-electron chi connectivity index (χ4n) is 3.35. The summed E-state index contributed by atoms with van der Waals surface area (Å²) in [6.07, 6.45) is 3.18. The number of hydrogen-bond donors (Lipinski definition) is 0. The second-order valence-electron chi connectivity index (χ2n) is 6.97. The van der Waals surface area contributed by atoms with Crippen molar-refractivity contribution in [1.82, 2.24) is 4.98 Å². The van der Waals surface area contributed by atoms with Gasteiger partial charge in [0.15, 0.2) is 0 Å². The first kappa shape index (κ1) is 19.4. The summed E-state index contributed by atoms with van der Waals surface area (Å²) in [5.74, 6) is 0.700. The lowest BCUT2D eigenvalue weighted by atomic mass is 10.1. The smallest absolute Gasteiger partial charge is 0.236 e. The van der Waals surface area contributed by atoms with Gasteiger partial charge in [-0.05, 0) is 73.0 Å². The van der Waals surface area contributed by atoms with Crippen molar-refractivity contribution in [3.8, 4) is 11.5 Å². The molecule has 2 heterocycles. The molecule has 28 heavy (non-hydrogen) atoms. The molecule has 0 unspecified atom stereocenters. The van der Waals surface area contributed by atoms with Gasteiger partial charge >= 0.3 is 0 Å². The van der Waals surface area contributed by atoms with E-state index in [1.54, 1.807) is 24.3 Å². The Morgan fingerprint density at radius 2 is 1.68 bits per heavy atom. The molecule has 0 N–H and O–H groups in total. The van der Waals surface area contributed by atoms with Crippen molar-refractivity contribution in [2.24, 2.45) is 0 Å². The van der Waals surface area contributed by atoms with Crippen LogP contribution in [-0.2, 0) is 9.84 Å². The number of sulfone groups is 1. The quantitative estimate of drug-likeness (QED) is 0.461. The minimum Gasteiger partial charge on any atom is -0.419 e. The molecule has 7 heteroatoms. The van der Waals surface area contributed by atoms with Crippen molar-refractivity contribution in [3.05, 3.63) is 57.7 Å². The van der Waals surface area contributed by atoms with E-state index in [4.69, 9.17) is 4.42 Å². The Morgan fingerprint density at radius 1 is 1.00 bits per heavy atom. The molecule has 3 aromatic rings. The van der Waals surface area contributed by atoms with E-state index in [-0.39, 0.29) is 9.92 Å². The van der Waals surface area contributed by atoms with Crippen molar-refractivity contribution in [3.63, 3.8) is 0 Å². The van der Waals surface area contributed by atoms with E-state index >= 15 is 0 Å². The summed E-state index contributed by atoms with van der Waals surface area (Å²) in [5, 5.41) is 0.00732. The molecule has 1 aliphatic rings. The number of anilines is 1. The molecule has 0 spiro atoms. The maximum atomic E-state index is 13.4. The van der Waals surface area contributed by atoms with Gasteiger partial charge in [-0.2, -0.15) is 4.98 Å². The average Bonchev–Trinajstić information content (AvgIpc) is 3.15. The number of aromatic nitrogens is 1. The number of piperidine rings is 1. The van der Waals surface area contributed by atoms with Crippen LogP contribution in [0.3, 0.4) is 0 Å². The molecule has 5 nitrogen and oxygen atoms in total. The van der Waals surface area contributed by atoms with Gasteiger partial charge in [0.25, 0.3) is 0 Å². The molecule has 0 aliphatic carbocycles. The van der Waals surface area contributed by atoms with Gasteiger partial charge in [-0.3, -0.25) is 0 Å². The van der Waals surface area contributed by atoms with Crippen molar-refractivity contribution in [1.29, 1.82) is 0 Å². The molecular weight excluding hydrogens is 487 g/mol. The summed E-state index contributed by atoms with van der Waals surface area (Å²) >= 11 is 2.21. The van der Waals surface area contributed by atoms with Gasteiger partial charge in [-0.25, -0.2) is 8.42 Å². The maximum Gasteiger partial charge on any atom is 0.236 e. The van der Waals surface area contributed by atoms with Crippen molar-refractivity contribution < 1.29 is 12.8 Å². The molecule has 1 fully saturated rings. The van der Waals surface area contributed by atoms with Crippen molar-refractivity contribution in [2.45, 2.75) is 36.1 Å². The molecular formula is C21H21IN2O3S. The molecule has 2 aromatic carbocycles. The van der Waals surface area contributed by atoms with Crippen molar-refractivity contribution >= 4 is 38.3 Å². The predicted molar refractivity (Wildman–Crippen MR) is 117 cm³/mol. The first-order valence-electron chi connectivity index (χ1n) is 9.29. The second kappa shape index (κ2) is 7.87. The van der Waals surface area contributed by atoms with Crippen LogP contribution in [0.5, 0.6) is 0 Å². The van der Waals surface area contributed by atoms with E-state index in [2.05, 4.69) is 27.6 Å². The third-order valence-corrected chi connectivity index (χ3v) is 7.52. The number of hydrogen-bond acceptors (Lipinski definition) is 5. The monoisotopic (exact) mass is 508 g/mol. The molecule has 1 saturated heterocycles. The van der Waals surface area contributed by atoms with E-state index in [1.807, 2.05) is 36.1 Å². The van der Waals surface area contributed by atoms with E-state index in [1.165, 1.54) is 0 Å². The topological polar surface area (TPSA) is 63.4 Å². The van der Waals surface area contributed by atoms with Crippen LogP contribution >= 0.6 is 22.6 Å². The van der Waals surface area contributed by atoms with Gasteiger partial charge in [0.05, 0.1) is 10.5 Å². The van der Waals surface area contributed by atoms with Crippen molar-refractivity contribution in [2.75, 3.05) is 18.0 Å². The van der Waals surface area contributed by atoms with Crippen LogP contribution in [0.15, 0.2) is 62.9 Å². The fraction of sp³-hybridized carbons (Fsp3) is 0.286. The van der Waals surface area contributed by atoms with Crippen LogP contribution in [0.2, 0.25) is 0 Å². The zero-order valence-electron chi connectivity index (χ0n) is 15.6. The molecule has 0 saturated carbocycles. The number of oxazole rings is 1. The third-order valence-electron chi connectivity index (χ3n) is 4.91. The van der Waals surface area contributed by atoms with Gasteiger partial charge < -0.3 is 9.32 Å². The van der Waals surface area contributed by atoms with Crippen LogP contribution in [0, 0.1) is 10.5 Å². The Labute approximate surface area is 178 Å². The first-order chi connectivity index (χ1) is 13.5. The molecule has 146 valence electrons. The van der Waals surface area contributed by atoms with E-state index in [0.717, 1.165) is 47.0 Å². The molecule has 0 atom stereocenters. The molecule has 0 bridgehead atoms. The largest absolute Gasteiger partial charge is 0.419 e.